The van der Waals surface area contributed by atoms with Crippen LogP contribution in [0.2, 0.25) is 0 Å². The first-order valence-electron chi connectivity index (χ1n) is 10.1. The van der Waals surface area contributed by atoms with Gasteiger partial charge < -0.3 is 20.1 Å². The van der Waals surface area contributed by atoms with Gasteiger partial charge in [-0.15, -0.1) is 0 Å². The van der Waals surface area contributed by atoms with E-state index in [2.05, 4.69) is 54.8 Å². The van der Waals surface area contributed by atoms with Crippen LogP contribution in [0.25, 0.3) is 0 Å². The second-order valence-corrected chi connectivity index (χ2v) is 7.19. The third-order valence-electron chi connectivity index (χ3n) is 4.77. The fourth-order valence-electron chi connectivity index (χ4n) is 3.14. The molecule has 0 aromatic heterocycles. The Kier molecular flexibility index (Phi) is 7.73. The monoisotopic (exact) mass is 381 g/mol. The molecule has 1 heterocycles. The van der Waals surface area contributed by atoms with Gasteiger partial charge in [-0.1, -0.05) is 42.5 Å². The number of aryl methyl sites for hydroxylation is 1. The fraction of sp³-hybridized carbons (Fsp3) is 0.435. The Morgan fingerprint density at radius 2 is 2.04 bits per heavy atom. The lowest BCUT2D eigenvalue weighted by Gasteiger charge is -2.17. The zero-order valence-electron chi connectivity index (χ0n) is 16.9. The molecule has 0 radical (unpaired) electrons. The first-order chi connectivity index (χ1) is 13.7. The van der Waals surface area contributed by atoms with Crippen molar-refractivity contribution in [2.75, 3.05) is 26.4 Å². The van der Waals surface area contributed by atoms with Gasteiger partial charge in [0, 0.05) is 31.2 Å². The van der Waals surface area contributed by atoms with E-state index in [0.29, 0.717) is 25.6 Å². The zero-order valence-corrected chi connectivity index (χ0v) is 16.9. The predicted octanol–water partition coefficient (Wildman–Crippen LogP) is 3.67. The summed E-state index contributed by atoms with van der Waals surface area (Å²) in [4.78, 5) is 4.69. The first-order valence-corrected chi connectivity index (χ1v) is 10.1. The van der Waals surface area contributed by atoms with E-state index in [0.717, 1.165) is 43.5 Å². The number of hydrogen-bond acceptors (Lipinski definition) is 3. The van der Waals surface area contributed by atoms with E-state index in [1.54, 1.807) is 0 Å². The summed E-state index contributed by atoms with van der Waals surface area (Å²) in [6.07, 6.45) is 1.08. The third-order valence-corrected chi connectivity index (χ3v) is 4.77. The van der Waals surface area contributed by atoms with Gasteiger partial charge in [-0.2, -0.15) is 0 Å². The maximum absolute atomic E-state index is 6.14. The molecule has 1 aliphatic heterocycles. The van der Waals surface area contributed by atoms with Crippen molar-refractivity contribution in [3.8, 4) is 5.75 Å². The van der Waals surface area contributed by atoms with Crippen molar-refractivity contribution >= 4 is 5.96 Å². The van der Waals surface area contributed by atoms with Crippen LogP contribution < -0.4 is 15.4 Å². The highest BCUT2D eigenvalue weighted by molar-refractivity contribution is 5.79. The predicted molar refractivity (Wildman–Crippen MR) is 114 cm³/mol. The van der Waals surface area contributed by atoms with Gasteiger partial charge in [0.25, 0.3) is 0 Å². The van der Waals surface area contributed by atoms with Gasteiger partial charge in [0.15, 0.2) is 5.96 Å². The topological polar surface area (TPSA) is 54.9 Å². The number of ether oxygens (including phenoxy) is 2. The summed E-state index contributed by atoms with van der Waals surface area (Å²) in [6.45, 7) is 8.65. The third kappa shape index (κ3) is 6.27. The number of nitrogens with zero attached hydrogens (tertiary/aromatic N) is 1. The molecule has 2 N–H and O–H groups in total. The average Bonchev–Trinajstić information content (AvgIpc) is 3.24. The quantitative estimate of drug-likeness (QED) is 0.541. The van der Waals surface area contributed by atoms with Gasteiger partial charge in [-0.25, -0.2) is 4.99 Å². The Hall–Kier alpha value is -2.53. The van der Waals surface area contributed by atoms with E-state index >= 15 is 0 Å². The molecule has 1 unspecified atom stereocenters. The Balaban J connectivity index is 1.61. The molecule has 1 fully saturated rings. The minimum atomic E-state index is 0.492. The van der Waals surface area contributed by atoms with Gasteiger partial charge >= 0.3 is 0 Å². The summed E-state index contributed by atoms with van der Waals surface area (Å²) in [5.74, 6) is 2.24. The highest BCUT2D eigenvalue weighted by Crippen LogP contribution is 2.22. The van der Waals surface area contributed by atoms with Crippen LogP contribution in [0.4, 0.5) is 0 Å². The molecule has 28 heavy (non-hydrogen) atoms. The molecule has 1 aliphatic rings. The molecule has 5 nitrogen and oxygen atoms in total. The summed E-state index contributed by atoms with van der Waals surface area (Å²) in [5.41, 5.74) is 3.53. The van der Waals surface area contributed by atoms with Crippen LogP contribution in [-0.4, -0.2) is 32.3 Å². The van der Waals surface area contributed by atoms with Gasteiger partial charge in [-0.3, -0.25) is 0 Å². The van der Waals surface area contributed by atoms with E-state index in [9.17, 15) is 0 Å². The van der Waals surface area contributed by atoms with Crippen LogP contribution >= 0.6 is 0 Å². The largest absolute Gasteiger partial charge is 0.493 e. The minimum absolute atomic E-state index is 0.492. The first kappa shape index (κ1) is 20.2. The molecule has 0 saturated carbocycles. The summed E-state index contributed by atoms with van der Waals surface area (Å²) in [5, 5.41) is 6.74. The lowest BCUT2D eigenvalue weighted by Crippen LogP contribution is -2.36. The second-order valence-electron chi connectivity index (χ2n) is 7.19. The Bertz CT molecular complexity index is 756. The average molecular weight is 382 g/mol. The molecular formula is C23H31N3O2. The van der Waals surface area contributed by atoms with Crippen molar-refractivity contribution in [3.05, 3.63) is 65.2 Å². The van der Waals surface area contributed by atoms with Crippen molar-refractivity contribution in [2.45, 2.75) is 33.4 Å². The van der Waals surface area contributed by atoms with Crippen LogP contribution in [0.15, 0.2) is 53.5 Å². The lowest BCUT2D eigenvalue weighted by atomic mass is 10.1. The van der Waals surface area contributed by atoms with Crippen LogP contribution in [0, 0.1) is 12.8 Å². The van der Waals surface area contributed by atoms with Crippen molar-refractivity contribution < 1.29 is 9.47 Å². The van der Waals surface area contributed by atoms with Gasteiger partial charge in [0.2, 0.25) is 0 Å². The van der Waals surface area contributed by atoms with Gasteiger partial charge in [-0.05, 0) is 37.5 Å². The van der Waals surface area contributed by atoms with Gasteiger partial charge in [0.05, 0.1) is 19.8 Å². The molecular weight excluding hydrogens is 350 g/mol. The van der Waals surface area contributed by atoms with E-state index in [4.69, 9.17) is 14.5 Å². The number of benzene rings is 2. The molecule has 1 atom stereocenters. The van der Waals surface area contributed by atoms with Crippen molar-refractivity contribution in [1.82, 2.24) is 10.6 Å². The number of hydrogen-bond donors (Lipinski definition) is 2. The summed E-state index contributed by atoms with van der Waals surface area (Å²) < 4.78 is 11.6. The van der Waals surface area contributed by atoms with Crippen LogP contribution in [-0.2, 0) is 17.8 Å². The highest BCUT2D eigenvalue weighted by Gasteiger charge is 2.17. The Morgan fingerprint density at radius 3 is 2.79 bits per heavy atom. The van der Waals surface area contributed by atoms with Crippen molar-refractivity contribution in [2.24, 2.45) is 10.9 Å². The maximum atomic E-state index is 6.14. The number of rotatable bonds is 8. The second kappa shape index (κ2) is 10.7. The molecule has 0 amide bonds. The lowest BCUT2D eigenvalue weighted by molar-refractivity contribution is 0.166. The summed E-state index contributed by atoms with van der Waals surface area (Å²) >= 11 is 0. The molecule has 1 saturated heterocycles. The number of guanidine groups is 1. The standard InChI is InChI=1S/C23H31N3O2/c1-3-24-23(25-14-19-7-5-4-6-8-19)26-15-21-10-9-18(2)13-22(21)28-17-20-11-12-27-16-20/h4-10,13,20H,3,11-12,14-17H2,1-2H3,(H2,24,25,26). The molecule has 0 spiro atoms. The molecule has 5 heteroatoms. The molecule has 3 rings (SSSR count). The Morgan fingerprint density at radius 1 is 1.18 bits per heavy atom. The minimum Gasteiger partial charge on any atom is -0.493 e. The van der Waals surface area contributed by atoms with E-state index in [1.165, 1.54) is 11.1 Å². The summed E-state index contributed by atoms with van der Waals surface area (Å²) in [7, 11) is 0. The summed E-state index contributed by atoms with van der Waals surface area (Å²) in [6, 6.07) is 16.6. The smallest absolute Gasteiger partial charge is 0.191 e. The Labute approximate surface area is 168 Å². The normalized spacial score (nSPS) is 16.8. The van der Waals surface area contributed by atoms with E-state index < -0.39 is 0 Å². The molecule has 2 aromatic carbocycles. The molecule has 150 valence electrons. The molecule has 2 aromatic rings. The highest BCUT2D eigenvalue weighted by atomic mass is 16.5. The van der Waals surface area contributed by atoms with E-state index in [1.807, 2.05) is 18.2 Å². The van der Waals surface area contributed by atoms with Crippen molar-refractivity contribution in [1.29, 1.82) is 0 Å². The fourth-order valence-corrected chi connectivity index (χ4v) is 3.14. The SMILES string of the molecule is CCNC(=NCc1ccccc1)NCc1ccc(C)cc1OCC1CCOC1. The van der Waals surface area contributed by atoms with Gasteiger partial charge in [0.1, 0.15) is 5.75 Å². The molecule has 0 bridgehead atoms. The maximum Gasteiger partial charge on any atom is 0.191 e. The van der Waals surface area contributed by atoms with Crippen LogP contribution in [0.3, 0.4) is 0 Å². The van der Waals surface area contributed by atoms with Crippen molar-refractivity contribution in [3.63, 3.8) is 0 Å². The number of nitrogens with one attached hydrogen (secondary N) is 2. The van der Waals surface area contributed by atoms with Crippen LogP contribution in [0.1, 0.15) is 30.0 Å². The number of aliphatic imine (C=N–C) groups is 1. The zero-order chi connectivity index (χ0) is 19.6. The van der Waals surface area contributed by atoms with E-state index in [-0.39, 0.29) is 0 Å². The molecule has 0 aliphatic carbocycles. The van der Waals surface area contributed by atoms with Crippen LogP contribution in [0.5, 0.6) is 5.75 Å².